The predicted molar refractivity (Wildman–Crippen MR) is 70.5 cm³/mol. The van der Waals surface area contributed by atoms with Crippen LogP contribution in [0.1, 0.15) is 34.1 Å². The molecular weight excluding hydrogens is 232 g/mol. The topological polar surface area (TPSA) is 61.8 Å². The number of aliphatic hydroxyl groups excluding tert-OH is 1. The number of nitrogens with one attached hydrogen (secondary N) is 1. The van der Waals surface area contributed by atoms with Gasteiger partial charge in [-0.15, -0.1) is 0 Å². The summed E-state index contributed by atoms with van der Waals surface area (Å²) in [4.78, 5) is 13.8. The molecular formula is C13H26N2O3. The molecule has 1 rings (SSSR count). The molecule has 1 fully saturated rings. The van der Waals surface area contributed by atoms with E-state index in [4.69, 9.17) is 4.74 Å². The Kier molecular flexibility index (Phi) is 5.41. The molecule has 5 heteroatoms. The number of morpholine rings is 1. The maximum atomic E-state index is 12.0. The van der Waals surface area contributed by atoms with Gasteiger partial charge in [-0.05, 0) is 25.7 Å². The van der Waals surface area contributed by atoms with E-state index in [1.54, 1.807) is 11.8 Å². The fourth-order valence-corrected chi connectivity index (χ4v) is 2.30. The summed E-state index contributed by atoms with van der Waals surface area (Å²) in [5.41, 5.74) is -0.0955. The van der Waals surface area contributed by atoms with Crippen molar-refractivity contribution in [3.05, 3.63) is 0 Å². The van der Waals surface area contributed by atoms with Gasteiger partial charge in [0.25, 0.3) is 0 Å². The second-order valence-electron chi connectivity index (χ2n) is 6.00. The summed E-state index contributed by atoms with van der Waals surface area (Å²) < 4.78 is 5.40. The number of carbonyl (C=O) groups is 1. The Morgan fingerprint density at radius 2 is 2.28 bits per heavy atom. The van der Waals surface area contributed by atoms with Gasteiger partial charge in [0.1, 0.15) is 0 Å². The van der Waals surface area contributed by atoms with Gasteiger partial charge in [-0.3, -0.25) is 0 Å². The molecule has 0 aromatic heterocycles. The van der Waals surface area contributed by atoms with Gasteiger partial charge in [-0.2, -0.15) is 0 Å². The van der Waals surface area contributed by atoms with Crippen molar-refractivity contribution >= 4 is 6.03 Å². The van der Waals surface area contributed by atoms with Gasteiger partial charge in [-0.25, -0.2) is 4.79 Å². The molecule has 2 atom stereocenters. The summed E-state index contributed by atoms with van der Waals surface area (Å²) in [6, 6.07) is -0.0381. The Labute approximate surface area is 109 Å². The second-order valence-corrected chi connectivity index (χ2v) is 6.00. The molecule has 1 aliphatic rings. The molecule has 0 bridgehead atoms. The summed E-state index contributed by atoms with van der Waals surface area (Å²) in [5, 5.41) is 12.3. The molecule has 0 radical (unpaired) electrons. The largest absolute Gasteiger partial charge is 0.393 e. The molecule has 1 heterocycles. The van der Waals surface area contributed by atoms with E-state index in [1.165, 1.54) is 0 Å². The number of hydrogen-bond acceptors (Lipinski definition) is 3. The summed E-state index contributed by atoms with van der Waals surface area (Å²) in [7, 11) is 0. The highest BCUT2D eigenvalue weighted by atomic mass is 16.5. The van der Waals surface area contributed by atoms with E-state index in [0.717, 1.165) is 0 Å². The quantitative estimate of drug-likeness (QED) is 0.797. The van der Waals surface area contributed by atoms with Gasteiger partial charge >= 0.3 is 6.03 Å². The minimum absolute atomic E-state index is 0.0381. The molecule has 0 aromatic rings. The Bertz CT molecular complexity index is 279. The van der Waals surface area contributed by atoms with E-state index in [2.05, 4.69) is 5.32 Å². The third-order valence-electron chi connectivity index (χ3n) is 3.09. The van der Waals surface area contributed by atoms with Crippen molar-refractivity contribution in [2.45, 2.75) is 46.3 Å². The number of nitrogens with zero attached hydrogens (tertiary/aromatic N) is 1. The molecule has 0 aliphatic carbocycles. The molecule has 1 aliphatic heterocycles. The molecule has 106 valence electrons. The first-order valence-electron chi connectivity index (χ1n) is 6.62. The molecule has 2 unspecified atom stereocenters. The Morgan fingerprint density at radius 1 is 1.61 bits per heavy atom. The SMILES string of the molecule is CC(O)CC(C)(C)CNC(=O)N1CCOC(C)C1. The van der Waals surface area contributed by atoms with Crippen LogP contribution in [0, 0.1) is 5.41 Å². The number of aliphatic hydroxyl groups is 1. The highest BCUT2D eigenvalue weighted by molar-refractivity contribution is 5.74. The predicted octanol–water partition coefficient (Wildman–Crippen LogP) is 1.21. The van der Waals surface area contributed by atoms with E-state index in [1.807, 2.05) is 20.8 Å². The lowest BCUT2D eigenvalue weighted by Crippen LogP contribution is -2.50. The van der Waals surface area contributed by atoms with Crippen LogP contribution in [0.3, 0.4) is 0 Å². The Balaban J connectivity index is 2.36. The normalized spacial score (nSPS) is 22.7. The zero-order chi connectivity index (χ0) is 13.8. The number of rotatable bonds is 4. The van der Waals surface area contributed by atoms with E-state index in [0.29, 0.717) is 32.7 Å². The van der Waals surface area contributed by atoms with Gasteiger partial charge in [0.2, 0.25) is 0 Å². The van der Waals surface area contributed by atoms with Crippen LogP contribution in [0.15, 0.2) is 0 Å². The zero-order valence-corrected chi connectivity index (χ0v) is 11.9. The van der Waals surface area contributed by atoms with Crippen molar-refractivity contribution in [1.82, 2.24) is 10.2 Å². The van der Waals surface area contributed by atoms with Gasteiger partial charge in [0.15, 0.2) is 0 Å². The summed E-state index contributed by atoms with van der Waals surface area (Å²) in [6.45, 7) is 10.3. The van der Waals surface area contributed by atoms with Crippen molar-refractivity contribution in [2.75, 3.05) is 26.2 Å². The number of ether oxygens (including phenoxy) is 1. The van der Waals surface area contributed by atoms with Crippen molar-refractivity contribution in [3.8, 4) is 0 Å². The van der Waals surface area contributed by atoms with E-state index in [9.17, 15) is 9.90 Å². The van der Waals surface area contributed by atoms with Crippen molar-refractivity contribution < 1.29 is 14.6 Å². The molecule has 18 heavy (non-hydrogen) atoms. The third kappa shape index (κ3) is 5.23. The summed E-state index contributed by atoms with van der Waals surface area (Å²) in [6.07, 6.45) is 0.433. The second kappa shape index (κ2) is 6.38. The highest BCUT2D eigenvalue weighted by Crippen LogP contribution is 2.21. The number of urea groups is 1. The van der Waals surface area contributed by atoms with Crippen molar-refractivity contribution in [1.29, 1.82) is 0 Å². The number of hydrogen-bond donors (Lipinski definition) is 2. The maximum Gasteiger partial charge on any atom is 0.317 e. The van der Waals surface area contributed by atoms with Crippen molar-refractivity contribution in [3.63, 3.8) is 0 Å². The first-order valence-corrected chi connectivity index (χ1v) is 6.62. The van der Waals surface area contributed by atoms with Crippen LogP contribution in [0.5, 0.6) is 0 Å². The van der Waals surface area contributed by atoms with Gasteiger partial charge < -0.3 is 20.1 Å². The highest BCUT2D eigenvalue weighted by Gasteiger charge is 2.25. The third-order valence-corrected chi connectivity index (χ3v) is 3.09. The molecule has 0 spiro atoms. The average molecular weight is 258 g/mol. The molecule has 5 nitrogen and oxygen atoms in total. The zero-order valence-electron chi connectivity index (χ0n) is 11.9. The fourth-order valence-electron chi connectivity index (χ4n) is 2.30. The summed E-state index contributed by atoms with van der Waals surface area (Å²) >= 11 is 0. The standard InChI is InChI=1S/C13H26N2O3/c1-10(16)7-13(3,4)9-14-12(17)15-5-6-18-11(2)8-15/h10-11,16H,5-9H2,1-4H3,(H,14,17). The van der Waals surface area contributed by atoms with Gasteiger partial charge in [0.05, 0.1) is 18.8 Å². The van der Waals surface area contributed by atoms with Crippen LogP contribution in [-0.4, -0.2) is 54.5 Å². The minimum Gasteiger partial charge on any atom is -0.393 e. The first-order chi connectivity index (χ1) is 8.30. The smallest absolute Gasteiger partial charge is 0.317 e. The lowest BCUT2D eigenvalue weighted by molar-refractivity contribution is -0.00389. The van der Waals surface area contributed by atoms with Crippen LogP contribution >= 0.6 is 0 Å². The first kappa shape index (κ1) is 15.2. The van der Waals surface area contributed by atoms with E-state index < -0.39 is 0 Å². The average Bonchev–Trinajstić information content (AvgIpc) is 2.24. The van der Waals surface area contributed by atoms with Crippen molar-refractivity contribution in [2.24, 2.45) is 5.41 Å². The van der Waals surface area contributed by atoms with Crippen LogP contribution < -0.4 is 5.32 Å². The molecule has 1 saturated heterocycles. The van der Waals surface area contributed by atoms with Crippen LogP contribution in [-0.2, 0) is 4.74 Å². The molecule has 0 saturated carbocycles. The number of amides is 2. The lowest BCUT2D eigenvalue weighted by atomic mass is 9.87. The van der Waals surface area contributed by atoms with E-state index in [-0.39, 0.29) is 23.7 Å². The Hall–Kier alpha value is -0.810. The maximum absolute atomic E-state index is 12.0. The van der Waals surface area contributed by atoms with Crippen LogP contribution in [0.2, 0.25) is 0 Å². The monoisotopic (exact) mass is 258 g/mol. The number of carbonyl (C=O) groups excluding carboxylic acids is 1. The van der Waals surface area contributed by atoms with E-state index >= 15 is 0 Å². The summed E-state index contributed by atoms with van der Waals surface area (Å²) in [5.74, 6) is 0. The van der Waals surface area contributed by atoms with Gasteiger partial charge in [0, 0.05) is 19.6 Å². The van der Waals surface area contributed by atoms with Gasteiger partial charge in [-0.1, -0.05) is 13.8 Å². The van der Waals surface area contributed by atoms with Crippen LogP contribution in [0.4, 0.5) is 4.79 Å². The minimum atomic E-state index is -0.347. The Morgan fingerprint density at radius 3 is 2.83 bits per heavy atom. The molecule has 0 aromatic carbocycles. The molecule has 2 amide bonds. The fraction of sp³-hybridized carbons (Fsp3) is 0.923. The van der Waals surface area contributed by atoms with Crippen LogP contribution in [0.25, 0.3) is 0 Å². The lowest BCUT2D eigenvalue weighted by Gasteiger charge is -2.33. The molecule has 2 N–H and O–H groups in total.